The Kier molecular flexibility index (Phi) is 29.1. The number of aliphatic hydroxyl groups excluding tert-OH is 1. The number of aromatic amines is 1. The third-order valence-electron chi connectivity index (χ3n) is 16.0. The van der Waals surface area contributed by atoms with Gasteiger partial charge in [0.15, 0.2) is 0 Å². The van der Waals surface area contributed by atoms with E-state index in [1.54, 1.807) is 60.8 Å². The van der Waals surface area contributed by atoms with Gasteiger partial charge in [0.2, 0.25) is 59.1 Å². The van der Waals surface area contributed by atoms with Gasteiger partial charge < -0.3 is 95.4 Å². The molecule has 0 bridgehead atoms. The number of benzene rings is 3. The number of likely N-dealkylation sites (tertiary alicyclic amines) is 1. The quantitative estimate of drug-likeness (QED) is 0.0240. The number of H-pyrrole nitrogens is 1. The summed E-state index contributed by atoms with van der Waals surface area (Å²) < 4.78 is 0. The van der Waals surface area contributed by atoms with Gasteiger partial charge in [0.05, 0.1) is 18.6 Å². The van der Waals surface area contributed by atoms with Gasteiger partial charge in [-0.05, 0) is 99.3 Å². The van der Waals surface area contributed by atoms with Crippen LogP contribution in [0.25, 0.3) is 10.9 Å². The van der Waals surface area contributed by atoms with Crippen molar-refractivity contribution in [2.75, 3.05) is 31.1 Å². The monoisotopic (exact) mass is 1360 g/mol. The molecule has 30 nitrogen and oxygen atoms in total. The van der Waals surface area contributed by atoms with E-state index in [9.17, 15) is 63.6 Å². The highest BCUT2D eigenvalue weighted by Crippen LogP contribution is 2.26. The van der Waals surface area contributed by atoms with Crippen LogP contribution in [0.4, 0.5) is 0 Å². The molecule has 10 amide bonds. The third-order valence-corrected chi connectivity index (χ3v) is 18.4. The van der Waals surface area contributed by atoms with Crippen molar-refractivity contribution in [3.8, 4) is 5.75 Å². The lowest BCUT2D eigenvalue weighted by Gasteiger charge is -2.31. The third kappa shape index (κ3) is 22.4. The van der Waals surface area contributed by atoms with Crippen LogP contribution < -0.4 is 65.1 Å². The molecule has 95 heavy (non-hydrogen) atoms. The number of aromatic hydroxyl groups is 1. The Morgan fingerprint density at radius 3 is 1.86 bits per heavy atom. The minimum atomic E-state index is -1.96. The van der Waals surface area contributed by atoms with Gasteiger partial charge in [-0.3, -0.25) is 52.7 Å². The number of unbranched alkanes of at least 4 members (excludes halogenated alkanes) is 1. The highest BCUT2D eigenvalue weighted by Gasteiger charge is 2.42. The van der Waals surface area contributed by atoms with Crippen molar-refractivity contribution in [1.29, 1.82) is 0 Å². The number of carbonyl (C=O) groups excluding carboxylic acids is 10. The Hall–Kier alpha value is -8.82. The molecule has 1 aromatic heterocycles. The van der Waals surface area contributed by atoms with Crippen molar-refractivity contribution < 1.29 is 78.0 Å². The lowest BCUT2D eigenvalue weighted by molar-refractivity contribution is -0.145. The Bertz CT molecular complexity index is 3340. The van der Waals surface area contributed by atoms with Gasteiger partial charge >= 0.3 is 11.9 Å². The van der Waals surface area contributed by atoms with E-state index in [1.807, 2.05) is 0 Å². The molecule has 2 saturated heterocycles. The van der Waals surface area contributed by atoms with Crippen LogP contribution in [0.2, 0.25) is 0 Å². The maximum Gasteiger partial charge on any atom is 0.326 e. The number of nitrogens with zero attached hydrogens (tertiary/aromatic N) is 1. The van der Waals surface area contributed by atoms with Crippen LogP contribution in [-0.4, -0.2) is 205 Å². The van der Waals surface area contributed by atoms with Gasteiger partial charge in [0.1, 0.15) is 66.2 Å². The first-order valence-electron chi connectivity index (χ1n) is 31.2. The molecule has 2 aliphatic heterocycles. The number of rotatable bonds is 26. The average Bonchev–Trinajstić information content (AvgIpc) is 1.75. The average molecular weight is 1360 g/mol. The van der Waals surface area contributed by atoms with Crippen LogP contribution >= 0.6 is 21.6 Å². The fourth-order valence-corrected chi connectivity index (χ4v) is 13.0. The molecule has 2 aliphatic rings. The number of nitrogens with one attached hydrogen (secondary N) is 10. The maximum atomic E-state index is 15.1. The van der Waals surface area contributed by atoms with Gasteiger partial charge in [-0.15, -0.1) is 0 Å². The van der Waals surface area contributed by atoms with E-state index in [1.165, 1.54) is 45.0 Å². The second-order valence-corrected chi connectivity index (χ2v) is 26.2. The molecular formula is C63H86N14O16S2. The first-order chi connectivity index (χ1) is 45.3. The number of aromatic nitrogens is 1. The van der Waals surface area contributed by atoms with Crippen molar-refractivity contribution in [2.45, 2.75) is 158 Å². The lowest BCUT2D eigenvalue weighted by atomic mass is 10.0. The van der Waals surface area contributed by atoms with E-state index in [0.717, 1.165) is 26.5 Å². The number of aliphatic carboxylic acids is 2. The van der Waals surface area contributed by atoms with Crippen LogP contribution in [0.15, 0.2) is 85.1 Å². The fourth-order valence-electron chi connectivity index (χ4n) is 10.7. The number of aliphatic hydroxyl groups is 1. The molecule has 6 rings (SSSR count). The molecule has 4 aromatic rings. The van der Waals surface area contributed by atoms with E-state index in [0.29, 0.717) is 34.0 Å². The van der Waals surface area contributed by atoms with Gasteiger partial charge in [-0.2, -0.15) is 0 Å². The van der Waals surface area contributed by atoms with Crippen LogP contribution in [0.5, 0.6) is 5.75 Å². The summed E-state index contributed by atoms with van der Waals surface area (Å²) in [6, 6.07) is 4.36. The summed E-state index contributed by atoms with van der Waals surface area (Å²) in [6.07, 6.45) is -0.688. The summed E-state index contributed by atoms with van der Waals surface area (Å²) in [6.45, 7) is 4.50. The maximum absolute atomic E-state index is 15.1. The van der Waals surface area contributed by atoms with Crippen LogP contribution in [0.1, 0.15) is 82.4 Å². The summed E-state index contributed by atoms with van der Waals surface area (Å²) in [4.78, 5) is 174. The van der Waals surface area contributed by atoms with Crippen LogP contribution in [0, 0.1) is 5.92 Å². The highest BCUT2D eigenvalue weighted by atomic mass is 33.1. The molecule has 516 valence electrons. The number of phenolic OH excluding ortho intramolecular Hbond substituents is 1. The molecule has 3 heterocycles. The summed E-state index contributed by atoms with van der Waals surface area (Å²) >= 11 is 0. The number of para-hydroxylation sites is 1. The molecular weight excluding hydrogens is 1270 g/mol. The van der Waals surface area contributed by atoms with Crippen molar-refractivity contribution >= 4 is 104 Å². The van der Waals surface area contributed by atoms with Gasteiger partial charge in [-0.25, -0.2) is 4.79 Å². The van der Waals surface area contributed by atoms with Crippen LogP contribution in [-0.2, 0) is 76.8 Å². The van der Waals surface area contributed by atoms with Crippen molar-refractivity contribution in [1.82, 2.24) is 57.7 Å². The number of hydrogen-bond donors (Lipinski definition) is 17. The lowest BCUT2D eigenvalue weighted by Crippen LogP contribution is -2.62. The first kappa shape index (κ1) is 75.2. The molecule has 0 radical (unpaired) electrons. The zero-order valence-corrected chi connectivity index (χ0v) is 54.5. The Morgan fingerprint density at radius 1 is 0.653 bits per heavy atom. The van der Waals surface area contributed by atoms with Crippen LogP contribution in [0.3, 0.4) is 0 Å². The molecule has 32 heteroatoms. The topological polar surface area (TPSA) is 491 Å². The molecule has 0 unspecified atom stereocenters. The predicted molar refractivity (Wildman–Crippen MR) is 352 cm³/mol. The normalized spacial score (nSPS) is 21.8. The number of phenols is 1. The Morgan fingerprint density at radius 2 is 1.24 bits per heavy atom. The van der Waals surface area contributed by atoms with E-state index >= 15 is 14.4 Å². The zero-order valence-electron chi connectivity index (χ0n) is 52.9. The van der Waals surface area contributed by atoms with E-state index in [2.05, 4.69) is 52.8 Å². The van der Waals surface area contributed by atoms with Gasteiger partial charge in [0.25, 0.3) is 0 Å². The van der Waals surface area contributed by atoms with E-state index in [-0.39, 0.29) is 76.8 Å². The second kappa shape index (κ2) is 36.7. The van der Waals surface area contributed by atoms with Gasteiger partial charge in [-0.1, -0.05) is 96.1 Å². The first-order valence-corrected chi connectivity index (χ1v) is 33.7. The molecule has 12 atom stereocenters. The standard InChI is InChI=1S/C63H86N14O16S2/c1-33(2)51(63(92)93)75-60(89)48-32-95-94-31-47(73-58(87)46(29-50(80)81)72-61(90)49-17-11-25-77(49)62(91)52(34(3)78)76-53(82)40(66)22-24-65)59(88)70-43(26-35-12-5-4-6-13-35)55(84)71-45(28-37-30-67-41-15-8-7-14-39(37)41)57(86)68-42(16-9-10-23-64)54(83)69-44(56(85)74-48)27-36-18-20-38(79)21-19-36/h4-8,12-15,18-21,30,33-34,40,42-49,51-52,67,78-79H,9-11,16-17,22-29,31-32,64-66H2,1-3H3,(H,68,86)(H,69,83)(H,70,88)(H,71,84)(H,72,90)(H,73,87)(H,74,85)(H,75,89)(H,76,82)(H,80,81)(H,92,93)/t34-,40+,42+,43+,44+,45+,46+,47+,48+,49+,51+,52+/m1/s1. The zero-order chi connectivity index (χ0) is 69.5. The number of carboxylic acid groups (broad SMARTS) is 2. The molecule has 20 N–H and O–H groups in total. The molecule has 0 aliphatic carbocycles. The SMILES string of the molecule is CC(C)[C@H](NC(=O)[C@@H]1CSSC[C@H](NC(=O)[C@H](CC(=O)O)NC(=O)[C@@H]2CCCN2C(=O)[C@@H](NC(=O)[C@@H](N)CCN)[C@@H](C)O)C(=O)N[C@@H](Cc2ccccc2)C(=O)N[C@@H](Cc2c[nH]c3ccccc23)C(=O)N[C@@H](CCCCN)C(=O)N[C@@H](Cc2ccc(O)cc2)C(=O)N1)C(=O)O. The number of hydrogen-bond acceptors (Lipinski definition) is 19. The Balaban J connectivity index is 1.42. The summed E-state index contributed by atoms with van der Waals surface area (Å²) in [5, 5.41) is 65.2. The van der Waals surface area contributed by atoms with E-state index in [4.69, 9.17) is 17.2 Å². The Labute approximate surface area is 556 Å². The van der Waals surface area contributed by atoms with Crippen molar-refractivity contribution in [3.63, 3.8) is 0 Å². The summed E-state index contributed by atoms with van der Waals surface area (Å²) in [5.41, 5.74) is 19.5. The predicted octanol–water partition coefficient (Wildman–Crippen LogP) is -1.95. The van der Waals surface area contributed by atoms with Crippen molar-refractivity contribution in [3.05, 3.63) is 102 Å². The minimum Gasteiger partial charge on any atom is -0.508 e. The molecule has 2 fully saturated rings. The summed E-state index contributed by atoms with van der Waals surface area (Å²) in [7, 11) is 1.69. The van der Waals surface area contributed by atoms with Crippen molar-refractivity contribution in [2.24, 2.45) is 23.1 Å². The number of carbonyl (C=O) groups is 12. The number of fused-ring (bicyclic) bond motifs is 1. The molecule has 0 spiro atoms. The molecule has 0 saturated carbocycles. The van der Waals surface area contributed by atoms with Gasteiger partial charge in [0, 0.05) is 54.4 Å². The van der Waals surface area contributed by atoms with E-state index < -0.39 is 167 Å². The minimum absolute atomic E-state index is 0.00278. The fraction of sp³-hybridized carbons (Fsp3) is 0.492. The number of amides is 10. The number of nitrogens with two attached hydrogens (primary N) is 3. The molecule has 3 aromatic carbocycles. The smallest absolute Gasteiger partial charge is 0.326 e. The summed E-state index contributed by atoms with van der Waals surface area (Å²) in [5.74, 6) is -14.2. The number of carboxylic acids is 2. The highest BCUT2D eigenvalue weighted by molar-refractivity contribution is 8.76. The largest absolute Gasteiger partial charge is 0.508 e. The second-order valence-electron chi connectivity index (χ2n) is 23.7.